The molecular formula is C37H43F3N8O6. The van der Waals surface area contributed by atoms with E-state index in [1.165, 1.54) is 0 Å². The molecule has 17 heteroatoms. The van der Waals surface area contributed by atoms with Crippen LogP contribution in [-0.2, 0) is 25.5 Å². The van der Waals surface area contributed by atoms with Gasteiger partial charge in [-0.05, 0) is 106 Å². The number of pyridine rings is 1. The van der Waals surface area contributed by atoms with Crippen LogP contribution >= 0.6 is 0 Å². The fourth-order valence-electron chi connectivity index (χ4n) is 6.02. The lowest BCUT2D eigenvalue weighted by Crippen LogP contribution is -2.52. The predicted molar refractivity (Wildman–Crippen MR) is 192 cm³/mol. The SMILES string of the molecule is Cc1ncccc1-c1ccc(C[C@@H](C(N)=O)N(c2ccc(-c3nn[nH]n3)cc2)C(=O)[C@H]2CC[C@H](CNC(=O)OC(C)(C)C)CC2)cc1.O=C(O)C(F)(F)F. The first kappa shape index (κ1) is 40.9. The Hall–Kier alpha value is -5.87. The van der Waals surface area contributed by atoms with Crippen molar-refractivity contribution >= 4 is 29.6 Å². The van der Waals surface area contributed by atoms with Crippen molar-refractivity contribution in [3.63, 3.8) is 0 Å². The molecule has 1 atom stereocenters. The van der Waals surface area contributed by atoms with Gasteiger partial charge >= 0.3 is 18.2 Å². The van der Waals surface area contributed by atoms with Crippen molar-refractivity contribution in [2.45, 2.75) is 77.6 Å². The number of rotatable bonds is 10. The second kappa shape index (κ2) is 17.8. The summed E-state index contributed by atoms with van der Waals surface area (Å²) in [5.41, 5.74) is 10.6. The number of nitrogens with two attached hydrogens (primary N) is 1. The van der Waals surface area contributed by atoms with Crippen molar-refractivity contribution in [1.29, 1.82) is 0 Å². The number of ether oxygens (including phenoxy) is 1. The van der Waals surface area contributed by atoms with E-state index >= 15 is 0 Å². The minimum Gasteiger partial charge on any atom is -0.475 e. The number of carboxylic acid groups (broad SMARTS) is 1. The van der Waals surface area contributed by atoms with Gasteiger partial charge in [-0.1, -0.05) is 30.3 Å². The highest BCUT2D eigenvalue weighted by Crippen LogP contribution is 2.33. The van der Waals surface area contributed by atoms with Gasteiger partial charge in [0.05, 0.1) is 0 Å². The molecule has 5 N–H and O–H groups in total. The van der Waals surface area contributed by atoms with Crippen molar-refractivity contribution in [3.8, 4) is 22.5 Å². The molecule has 288 valence electrons. The standard InChI is InChI=1S/C35H42N8O4.C2HF3O2/c1-22-29(6-5-19-37-22)25-11-7-23(8-12-25)20-30(31(36)44)43(28-17-15-26(16-18-28)32-39-41-42-40-32)33(45)27-13-9-24(10-14-27)21-38-34(46)47-35(2,3)4;3-2(4,5)1(6)7/h5-8,11-12,15-19,24,27,30H,9-10,13-14,20-21H2,1-4H3,(H2,36,44)(H,38,46)(H,39,40,41,42);(H,6,7)/t24-,27-,30-;/m0./s1. The second-order valence-corrected chi connectivity index (χ2v) is 13.8. The first-order chi connectivity index (χ1) is 25.4. The summed E-state index contributed by atoms with van der Waals surface area (Å²) >= 11 is 0. The molecule has 0 radical (unpaired) electrons. The van der Waals surface area contributed by atoms with Gasteiger partial charge in [0.15, 0.2) is 0 Å². The number of hydrogen-bond acceptors (Lipinski definition) is 9. The fraction of sp³-hybridized carbons (Fsp3) is 0.405. The number of amides is 3. The van der Waals surface area contributed by atoms with E-state index in [4.69, 9.17) is 20.4 Å². The molecule has 1 aliphatic carbocycles. The zero-order chi connectivity index (χ0) is 39.6. The maximum atomic E-state index is 14.3. The molecule has 0 aliphatic heterocycles. The van der Waals surface area contributed by atoms with Gasteiger partial charge < -0.3 is 20.9 Å². The van der Waals surface area contributed by atoms with Crippen molar-refractivity contribution < 1.29 is 42.2 Å². The number of alkyl carbamates (subject to hydrolysis) is 1. The van der Waals surface area contributed by atoms with Gasteiger partial charge in [0.1, 0.15) is 11.6 Å². The van der Waals surface area contributed by atoms with Crippen LogP contribution in [0.3, 0.4) is 0 Å². The van der Waals surface area contributed by atoms with E-state index in [1.54, 1.807) is 35.4 Å². The van der Waals surface area contributed by atoms with Gasteiger partial charge in [0, 0.05) is 47.6 Å². The number of primary amides is 1. The van der Waals surface area contributed by atoms with Gasteiger partial charge in [0.2, 0.25) is 17.6 Å². The minimum absolute atomic E-state index is 0.151. The van der Waals surface area contributed by atoms with Crippen molar-refractivity contribution in [2.75, 3.05) is 11.4 Å². The van der Waals surface area contributed by atoms with E-state index in [0.717, 1.165) is 35.2 Å². The average Bonchev–Trinajstić information content (AvgIpc) is 3.66. The third-order valence-corrected chi connectivity index (χ3v) is 8.70. The smallest absolute Gasteiger partial charge is 0.475 e. The number of benzene rings is 2. The van der Waals surface area contributed by atoms with Crippen LogP contribution in [-0.4, -0.2) is 79.0 Å². The first-order valence-corrected chi connectivity index (χ1v) is 17.2. The summed E-state index contributed by atoms with van der Waals surface area (Å²) in [5, 5.41) is 24.1. The molecule has 0 unspecified atom stereocenters. The number of aliphatic carboxylic acids is 1. The summed E-state index contributed by atoms with van der Waals surface area (Å²) in [6.07, 6.45) is -0.754. The Kier molecular flexibility index (Phi) is 13.5. The minimum atomic E-state index is -5.08. The summed E-state index contributed by atoms with van der Waals surface area (Å²) < 4.78 is 37.1. The molecular weight excluding hydrogens is 709 g/mol. The molecule has 5 rings (SSSR count). The number of H-pyrrole nitrogens is 1. The van der Waals surface area contributed by atoms with Crippen LogP contribution in [0.5, 0.6) is 0 Å². The van der Waals surface area contributed by atoms with Gasteiger partial charge in [0.25, 0.3) is 0 Å². The number of alkyl halides is 3. The van der Waals surface area contributed by atoms with E-state index in [1.807, 2.05) is 64.1 Å². The first-order valence-electron chi connectivity index (χ1n) is 17.2. The van der Waals surface area contributed by atoms with E-state index < -0.39 is 35.8 Å². The number of halogens is 3. The Balaban J connectivity index is 0.000000845. The summed E-state index contributed by atoms with van der Waals surface area (Å²) in [7, 11) is 0. The largest absolute Gasteiger partial charge is 0.490 e. The highest BCUT2D eigenvalue weighted by atomic mass is 19.4. The highest BCUT2D eigenvalue weighted by molar-refractivity contribution is 6.01. The van der Waals surface area contributed by atoms with Crippen LogP contribution in [0, 0.1) is 18.8 Å². The zero-order valence-electron chi connectivity index (χ0n) is 30.3. The molecule has 2 aromatic carbocycles. The molecule has 2 heterocycles. The third kappa shape index (κ3) is 11.6. The second-order valence-electron chi connectivity index (χ2n) is 13.8. The Morgan fingerprint density at radius 3 is 2.11 bits per heavy atom. The molecule has 3 amide bonds. The maximum Gasteiger partial charge on any atom is 0.490 e. The van der Waals surface area contributed by atoms with E-state index in [9.17, 15) is 27.6 Å². The number of carboxylic acids is 1. The lowest BCUT2D eigenvalue weighted by molar-refractivity contribution is -0.192. The molecule has 1 fully saturated rings. The summed E-state index contributed by atoms with van der Waals surface area (Å²) in [6, 6.07) is 18.1. The summed E-state index contributed by atoms with van der Waals surface area (Å²) in [6.45, 7) is 7.92. The number of hydrogen-bond donors (Lipinski definition) is 4. The highest BCUT2D eigenvalue weighted by Gasteiger charge is 2.38. The van der Waals surface area contributed by atoms with Crippen molar-refractivity contribution in [1.82, 2.24) is 30.9 Å². The van der Waals surface area contributed by atoms with E-state index in [-0.39, 0.29) is 24.2 Å². The molecule has 0 bridgehead atoms. The van der Waals surface area contributed by atoms with Gasteiger partial charge in [-0.2, -0.15) is 18.4 Å². The van der Waals surface area contributed by atoms with Crippen LogP contribution in [0.15, 0.2) is 66.9 Å². The van der Waals surface area contributed by atoms with Gasteiger partial charge in [-0.3, -0.25) is 19.5 Å². The molecule has 0 spiro atoms. The molecule has 2 aromatic heterocycles. The molecule has 14 nitrogen and oxygen atoms in total. The lowest BCUT2D eigenvalue weighted by Gasteiger charge is -2.36. The number of anilines is 1. The topological polar surface area (TPSA) is 206 Å². The predicted octanol–water partition coefficient (Wildman–Crippen LogP) is 5.63. The zero-order valence-corrected chi connectivity index (χ0v) is 30.3. The molecule has 4 aromatic rings. The number of aryl methyl sites for hydroxylation is 1. The fourth-order valence-corrected chi connectivity index (χ4v) is 6.02. The molecule has 54 heavy (non-hydrogen) atoms. The van der Waals surface area contributed by atoms with Gasteiger partial charge in [-0.15, -0.1) is 10.2 Å². The monoisotopic (exact) mass is 752 g/mol. The number of carbonyl (C=O) groups is 4. The summed E-state index contributed by atoms with van der Waals surface area (Å²) in [5.74, 6) is -3.16. The number of nitrogens with zero attached hydrogens (tertiary/aromatic N) is 5. The number of aromatic amines is 1. The van der Waals surface area contributed by atoms with E-state index in [2.05, 4.69) is 30.9 Å². The average molecular weight is 753 g/mol. The van der Waals surface area contributed by atoms with Crippen LogP contribution < -0.4 is 16.0 Å². The van der Waals surface area contributed by atoms with E-state index in [0.29, 0.717) is 36.5 Å². The number of aromatic nitrogens is 5. The van der Waals surface area contributed by atoms with Crippen LogP contribution in [0.1, 0.15) is 57.7 Å². The number of tetrazole rings is 1. The Labute approximate surface area is 309 Å². The molecule has 0 saturated heterocycles. The van der Waals surface area contributed by atoms with Crippen LogP contribution in [0.2, 0.25) is 0 Å². The molecule has 1 aliphatic rings. The Bertz CT molecular complexity index is 1870. The van der Waals surface area contributed by atoms with Crippen molar-refractivity contribution in [2.24, 2.45) is 17.6 Å². The Morgan fingerprint density at radius 1 is 0.981 bits per heavy atom. The van der Waals surface area contributed by atoms with Crippen molar-refractivity contribution in [3.05, 3.63) is 78.1 Å². The Morgan fingerprint density at radius 2 is 1.59 bits per heavy atom. The maximum absolute atomic E-state index is 14.3. The quantitative estimate of drug-likeness (QED) is 0.157. The normalized spacial score (nSPS) is 16.3. The van der Waals surface area contributed by atoms with Crippen LogP contribution in [0.4, 0.5) is 23.7 Å². The molecule has 1 saturated carbocycles. The number of nitrogens with one attached hydrogen (secondary N) is 2. The lowest BCUT2D eigenvalue weighted by atomic mass is 9.81. The summed E-state index contributed by atoms with van der Waals surface area (Å²) in [4.78, 5) is 54.5. The number of carbonyl (C=O) groups excluding carboxylic acids is 3. The van der Waals surface area contributed by atoms with Gasteiger partial charge in [-0.25, -0.2) is 9.59 Å². The third-order valence-electron chi connectivity index (χ3n) is 8.70. The van der Waals surface area contributed by atoms with Crippen LogP contribution in [0.25, 0.3) is 22.5 Å².